The van der Waals surface area contributed by atoms with Crippen LogP contribution in [0.25, 0.3) is 22.7 Å². The Morgan fingerprint density at radius 1 is 0.958 bits per heavy atom. The lowest BCUT2D eigenvalue weighted by atomic mass is 9.78. The second kappa shape index (κ2) is 5.33. The Bertz CT molecular complexity index is 828. The fraction of sp³-hybridized carbons (Fsp3) is 0.400. The van der Waals surface area contributed by atoms with Gasteiger partial charge in [0.2, 0.25) is 11.6 Å². The van der Waals surface area contributed by atoms with Crippen molar-refractivity contribution in [3.63, 3.8) is 0 Å². The molecule has 24 heavy (non-hydrogen) atoms. The fourth-order valence-electron chi connectivity index (χ4n) is 2.79. The molecule has 1 aromatic carbocycles. The largest absolute Gasteiger partial charge is 0.507 e. The Morgan fingerprint density at radius 3 is 2.04 bits per heavy atom. The van der Waals surface area contributed by atoms with Gasteiger partial charge >= 0.3 is 0 Å². The van der Waals surface area contributed by atoms with Gasteiger partial charge in [0.1, 0.15) is 11.3 Å². The van der Waals surface area contributed by atoms with Crippen LogP contribution < -0.4 is 0 Å². The molecule has 0 spiro atoms. The van der Waals surface area contributed by atoms with Gasteiger partial charge in [-0.25, -0.2) is 9.97 Å². The summed E-state index contributed by atoms with van der Waals surface area (Å²) in [4.78, 5) is 8.76. The molecule has 3 aromatic rings. The number of aromatic nitrogens is 2. The smallest absolute Gasteiger partial charge is 0.247 e. The zero-order valence-electron chi connectivity index (χ0n) is 15.1. The number of nitrogens with zero attached hydrogens (tertiary/aromatic N) is 2. The van der Waals surface area contributed by atoms with Crippen molar-refractivity contribution in [2.24, 2.45) is 0 Å². The Morgan fingerprint density at radius 2 is 1.54 bits per heavy atom. The average Bonchev–Trinajstić information content (AvgIpc) is 2.88. The SMILES string of the molecule is CC(C)(C)c1cc(-c2nc3cccnc3o2)cc(C(C)(C)C)c1O. The second-order valence-electron chi connectivity index (χ2n) is 8.27. The highest BCUT2D eigenvalue weighted by molar-refractivity contribution is 5.73. The minimum atomic E-state index is -0.190. The highest BCUT2D eigenvalue weighted by Crippen LogP contribution is 2.42. The molecule has 126 valence electrons. The van der Waals surface area contributed by atoms with Crippen molar-refractivity contribution >= 4 is 11.2 Å². The van der Waals surface area contributed by atoms with Crippen molar-refractivity contribution in [2.45, 2.75) is 52.4 Å². The first-order chi connectivity index (χ1) is 11.1. The molecule has 4 heteroatoms. The van der Waals surface area contributed by atoms with Crippen molar-refractivity contribution in [3.8, 4) is 17.2 Å². The van der Waals surface area contributed by atoms with Crippen molar-refractivity contribution < 1.29 is 9.52 Å². The topological polar surface area (TPSA) is 59.2 Å². The molecule has 0 unspecified atom stereocenters. The van der Waals surface area contributed by atoms with E-state index in [4.69, 9.17) is 4.42 Å². The number of fused-ring (bicyclic) bond motifs is 1. The van der Waals surface area contributed by atoms with Crippen LogP contribution in [0.5, 0.6) is 5.75 Å². The van der Waals surface area contributed by atoms with Gasteiger partial charge in [0.15, 0.2) is 0 Å². The lowest BCUT2D eigenvalue weighted by Crippen LogP contribution is -2.17. The Hall–Kier alpha value is -2.36. The normalized spacial score (nSPS) is 12.8. The molecular formula is C20H24N2O2. The Balaban J connectivity index is 2.28. The summed E-state index contributed by atoms with van der Waals surface area (Å²) in [5.41, 5.74) is 3.51. The molecule has 3 rings (SSSR count). The molecule has 0 atom stereocenters. The van der Waals surface area contributed by atoms with Gasteiger partial charge in [-0.05, 0) is 35.1 Å². The van der Waals surface area contributed by atoms with Gasteiger partial charge in [0, 0.05) is 22.9 Å². The number of pyridine rings is 1. The Kier molecular flexibility index (Phi) is 3.67. The van der Waals surface area contributed by atoms with E-state index in [2.05, 4.69) is 51.5 Å². The summed E-state index contributed by atoms with van der Waals surface area (Å²) in [6.45, 7) is 12.5. The monoisotopic (exact) mass is 324 g/mol. The minimum Gasteiger partial charge on any atom is -0.507 e. The zero-order chi connectivity index (χ0) is 17.7. The van der Waals surface area contributed by atoms with Crippen LogP contribution in [0.4, 0.5) is 0 Å². The predicted octanol–water partition coefficient (Wildman–Crippen LogP) is 5.19. The van der Waals surface area contributed by atoms with Crippen molar-refractivity contribution in [1.82, 2.24) is 9.97 Å². The van der Waals surface area contributed by atoms with Crippen LogP contribution >= 0.6 is 0 Å². The van der Waals surface area contributed by atoms with Crippen LogP contribution in [0, 0.1) is 0 Å². The maximum Gasteiger partial charge on any atom is 0.247 e. The van der Waals surface area contributed by atoms with Crippen molar-refractivity contribution in [3.05, 3.63) is 41.6 Å². The Labute approximate surface area is 142 Å². The molecule has 4 nitrogen and oxygen atoms in total. The summed E-state index contributed by atoms with van der Waals surface area (Å²) in [5.74, 6) is 0.882. The van der Waals surface area contributed by atoms with E-state index >= 15 is 0 Å². The quantitative estimate of drug-likeness (QED) is 0.669. The van der Waals surface area contributed by atoms with E-state index < -0.39 is 0 Å². The molecule has 0 bridgehead atoms. The first-order valence-corrected chi connectivity index (χ1v) is 8.17. The highest BCUT2D eigenvalue weighted by Gasteiger charge is 2.27. The second-order valence-corrected chi connectivity index (χ2v) is 8.27. The van der Waals surface area contributed by atoms with Crippen LogP contribution in [0.2, 0.25) is 0 Å². The number of phenolic OH excluding ortho intramolecular Hbond substituents is 1. The number of rotatable bonds is 1. The molecule has 0 fully saturated rings. The lowest BCUT2D eigenvalue weighted by molar-refractivity contribution is 0.423. The van der Waals surface area contributed by atoms with E-state index in [0.717, 1.165) is 22.2 Å². The highest BCUT2D eigenvalue weighted by atomic mass is 16.4. The number of hydrogen-bond donors (Lipinski definition) is 1. The van der Waals surface area contributed by atoms with E-state index in [1.165, 1.54) is 0 Å². The molecular weight excluding hydrogens is 300 g/mol. The molecule has 2 heterocycles. The van der Waals surface area contributed by atoms with Crippen LogP contribution in [-0.2, 0) is 10.8 Å². The third kappa shape index (κ3) is 2.88. The standard InChI is InChI=1S/C20H24N2O2/c1-19(2,3)13-10-12(11-14(16(13)23)20(4,5)6)17-22-15-8-7-9-21-18(15)24-17/h7-11,23H,1-6H3. The van der Waals surface area contributed by atoms with Crippen LogP contribution in [-0.4, -0.2) is 15.1 Å². The molecule has 0 amide bonds. The lowest BCUT2D eigenvalue weighted by Gasteiger charge is -2.27. The third-order valence-electron chi connectivity index (χ3n) is 4.14. The van der Waals surface area contributed by atoms with Gasteiger partial charge in [0.05, 0.1) is 0 Å². The summed E-state index contributed by atoms with van der Waals surface area (Å²) in [5, 5.41) is 10.8. The van der Waals surface area contributed by atoms with Crippen molar-refractivity contribution in [2.75, 3.05) is 0 Å². The minimum absolute atomic E-state index is 0.190. The molecule has 0 saturated heterocycles. The van der Waals surface area contributed by atoms with Gasteiger partial charge in [-0.3, -0.25) is 0 Å². The first-order valence-electron chi connectivity index (χ1n) is 8.17. The van der Waals surface area contributed by atoms with Gasteiger partial charge < -0.3 is 9.52 Å². The maximum atomic E-state index is 10.8. The first kappa shape index (κ1) is 16.5. The van der Waals surface area contributed by atoms with E-state index in [0.29, 0.717) is 17.4 Å². The molecule has 0 aliphatic heterocycles. The van der Waals surface area contributed by atoms with Crippen LogP contribution in [0.3, 0.4) is 0 Å². The summed E-state index contributed by atoms with van der Waals surface area (Å²) in [6.07, 6.45) is 1.69. The summed E-state index contributed by atoms with van der Waals surface area (Å²) >= 11 is 0. The predicted molar refractivity (Wildman–Crippen MR) is 96.3 cm³/mol. The maximum absolute atomic E-state index is 10.8. The van der Waals surface area contributed by atoms with E-state index in [1.807, 2.05) is 24.3 Å². The van der Waals surface area contributed by atoms with Gasteiger partial charge in [-0.1, -0.05) is 41.5 Å². The molecule has 0 radical (unpaired) electrons. The number of hydrogen-bond acceptors (Lipinski definition) is 4. The molecule has 1 N–H and O–H groups in total. The summed E-state index contributed by atoms with van der Waals surface area (Å²) < 4.78 is 5.83. The van der Waals surface area contributed by atoms with E-state index in [9.17, 15) is 5.11 Å². The van der Waals surface area contributed by atoms with E-state index in [-0.39, 0.29) is 10.8 Å². The van der Waals surface area contributed by atoms with Gasteiger partial charge in [0.25, 0.3) is 0 Å². The summed E-state index contributed by atoms with van der Waals surface area (Å²) in [6, 6.07) is 7.66. The average molecular weight is 324 g/mol. The zero-order valence-corrected chi connectivity index (χ0v) is 15.1. The molecule has 0 aliphatic carbocycles. The van der Waals surface area contributed by atoms with Crippen LogP contribution in [0.1, 0.15) is 52.7 Å². The molecule has 2 aromatic heterocycles. The number of aromatic hydroxyl groups is 1. The van der Waals surface area contributed by atoms with Crippen molar-refractivity contribution in [1.29, 1.82) is 0 Å². The fourth-order valence-corrected chi connectivity index (χ4v) is 2.79. The van der Waals surface area contributed by atoms with Gasteiger partial charge in [-0.2, -0.15) is 0 Å². The number of oxazole rings is 1. The number of benzene rings is 1. The summed E-state index contributed by atoms with van der Waals surface area (Å²) in [7, 11) is 0. The van der Waals surface area contributed by atoms with Crippen LogP contribution in [0.15, 0.2) is 34.9 Å². The van der Waals surface area contributed by atoms with E-state index in [1.54, 1.807) is 6.20 Å². The van der Waals surface area contributed by atoms with Gasteiger partial charge in [-0.15, -0.1) is 0 Å². The molecule has 0 aliphatic rings. The molecule has 0 saturated carbocycles. The number of phenols is 1. The third-order valence-corrected chi connectivity index (χ3v) is 4.14.